The zero-order chi connectivity index (χ0) is 25.7. The van der Waals surface area contributed by atoms with Gasteiger partial charge in [-0.1, -0.05) is 61.7 Å². The van der Waals surface area contributed by atoms with Crippen molar-refractivity contribution in [3.8, 4) is 28.5 Å². The lowest BCUT2D eigenvalue weighted by molar-refractivity contribution is -0.667. The SMILES string of the molecule is Cc1cc(-c2c(C)ccc3c2oc2c(-c4ccccc4)ccc(C#N)c23)[n+](C)c(C)c1C1CCCCC1. The Hall–Kier alpha value is -3.90. The van der Waals surface area contributed by atoms with Crippen molar-refractivity contribution in [2.75, 3.05) is 0 Å². The van der Waals surface area contributed by atoms with Crippen molar-refractivity contribution in [2.24, 2.45) is 7.05 Å². The van der Waals surface area contributed by atoms with Crippen LogP contribution in [-0.2, 0) is 7.05 Å². The van der Waals surface area contributed by atoms with Gasteiger partial charge in [0.25, 0.3) is 0 Å². The van der Waals surface area contributed by atoms with Gasteiger partial charge in [-0.25, -0.2) is 0 Å². The molecular formula is C34H33N2O+. The molecule has 0 unspecified atom stereocenters. The van der Waals surface area contributed by atoms with Gasteiger partial charge < -0.3 is 4.42 Å². The van der Waals surface area contributed by atoms with Crippen LogP contribution < -0.4 is 4.57 Å². The van der Waals surface area contributed by atoms with E-state index in [0.717, 1.165) is 44.3 Å². The first-order valence-corrected chi connectivity index (χ1v) is 13.4. The summed E-state index contributed by atoms with van der Waals surface area (Å²) in [6.07, 6.45) is 6.60. The standard InChI is InChI=1S/C34H33N2O/c1-21-15-17-28-32-26(20-35)16-18-27(24-11-7-5-8-12-24)33(32)37-34(28)31(21)29-19-22(2)30(23(3)36(29)4)25-13-9-6-10-14-25/h5,7-8,11-12,15-19,25H,6,9-10,13-14H2,1-4H3/q+1. The average Bonchev–Trinajstić information content (AvgIpc) is 3.31. The topological polar surface area (TPSA) is 40.8 Å². The van der Waals surface area contributed by atoms with Crippen LogP contribution in [0.1, 0.15) is 66.0 Å². The van der Waals surface area contributed by atoms with Gasteiger partial charge in [-0.2, -0.15) is 9.83 Å². The highest BCUT2D eigenvalue weighted by molar-refractivity contribution is 6.15. The molecule has 3 nitrogen and oxygen atoms in total. The number of fused-ring (bicyclic) bond motifs is 3. The number of aryl methyl sites for hydroxylation is 2. The minimum atomic E-state index is 0.646. The molecule has 0 bridgehead atoms. The Labute approximate surface area is 219 Å². The molecule has 1 fully saturated rings. The van der Waals surface area contributed by atoms with Gasteiger partial charge in [0.15, 0.2) is 5.69 Å². The maximum Gasteiger partial charge on any atom is 0.216 e. The summed E-state index contributed by atoms with van der Waals surface area (Å²) in [5, 5.41) is 11.9. The molecule has 6 rings (SSSR count). The Morgan fingerprint density at radius 2 is 1.62 bits per heavy atom. The molecule has 3 heteroatoms. The largest absolute Gasteiger partial charge is 0.454 e. The van der Waals surface area contributed by atoms with Gasteiger partial charge in [0.05, 0.1) is 17.2 Å². The Bertz CT molecular complexity index is 1700. The van der Waals surface area contributed by atoms with Crippen LogP contribution in [0.4, 0.5) is 0 Å². The van der Waals surface area contributed by atoms with E-state index in [-0.39, 0.29) is 0 Å². The monoisotopic (exact) mass is 485 g/mol. The molecule has 0 radical (unpaired) electrons. The van der Waals surface area contributed by atoms with Crippen LogP contribution in [0.25, 0.3) is 44.3 Å². The minimum Gasteiger partial charge on any atom is -0.454 e. The quantitative estimate of drug-likeness (QED) is 0.240. The zero-order valence-corrected chi connectivity index (χ0v) is 22.2. The first-order valence-electron chi connectivity index (χ1n) is 13.4. The van der Waals surface area contributed by atoms with E-state index in [1.54, 1.807) is 0 Å². The first kappa shape index (κ1) is 23.5. The number of aromatic nitrogens is 1. The summed E-state index contributed by atoms with van der Waals surface area (Å²) in [5.74, 6) is 0.656. The molecule has 0 spiro atoms. The van der Waals surface area contributed by atoms with Crippen LogP contribution in [0.3, 0.4) is 0 Å². The smallest absolute Gasteiger partial charge is 0.216 e. The molecule has 1 aliphatic carbocycles. The van der Waals surface area contributed by atoms with Gasteiger partial charge in [-0.05, 0) is 61.4 Å². The highest BCUT2D eigenvalue weighted by Gasteiger charge is 2.29. The number of pyridine rings is 1. The molecule has 1 saturated carbocycles. The summed E-state index contributed by atoms with van der Waals surface area (Å²) >= 11 is 0. The lowest BCUT2D eigenvalue weighted by Gasteiger charge is -2.24. The number of rotatable bonds is 3. The average molecular weight is 486 g/mol. The summed E-state index contributed by atoms with van der Waals surface area (Å²) in [7, 11) is 2.19. The van der Waals surface area contributed by atoms with E-state index < -0.39 is 0 Å². The van der Waals surface area contributed by atoms with E-state index in [2.05, 4.69) is 68.8 Å². The predicted molar refractivity (Wildman–Crippen MR) is 151 cm³/mol. The Balaban J connectivity index is 1.64. The molecule has 0 amide bonds. The fourth-order valence-electron chi connectivity index (χ4n) is 6.57. The molecule has 1 aliphatic rings. The number of benzene rings is 3. The van der Waals surface area contributed by atoms with Gasteiger partial charge in [0.1, 0.15) is 18.2 Å². The molecule has 0 N–H and O–H groups in total. The van der Waals surface area contributed by atoms with E-state index in [0.29, 0.717) is 11.5 Å². The molecular weight excluding hydrogens is 452 g/mol. The molecule has 184 valence electrons. The fourth-order valence-corrected chi connectivity index (χ4v) is 6.57. The van der Waals surface area contributed by atoms with Gasteiger partial charge in [0, 0.05) is 34.9 Å². The highest BCUT2D eigenvalue weighted by Crippen LogP contribution is 2.43. The van der Waals surface area contributed by atoms with Gasteiger partial charge >= 0.3 is 0 Å². The first-order chi connectivity index (χ1) is 18.0. The molecule has 37 heavy (non-hydrogen) atoms. The van der Waals surface area contributed by atoms with Gasteiger partial charge in [-0.3, -0.25) is 0 Å². The van der Waals surface area contributed by atoms with Crippen molar-refractivity contribution in [3.05, 3.63) is 88.6 Å². The summed E-state index contributed by atoms with van der Waals surface area (Å²) in [6, 6.07) is 23.3. The fraction of sp³-hybridized carbons (Fsp3) is 0.294. The van der Waals surface area contributed by atoms with Crippen molar-refractivity contribution in [1.82, 2.24) is 0 Å². The lowest BCUT2D eigenvalue weighted by Crippen LogP contribution is -2.37. The van der Waals surface area contributed by atoms with E-state index in [9.17, 15) is 5.26 Å². The zero-order valence-electron chi connectivity index (χ0n) is 22.2. The van der Waals surface area contributed by atoms with Crippen LogP contribution in [-0.4, -0.2) is 0 Å². The second-order valence-electron chi connectivity index (χ2n) is 10.7. The second kappa shape index (κ2) is 9.20. The van der Waals surface area contributed by atoms with Crippen LogP contribution in [0, 0.1) is 32.1 Å². The number of furan rings is 1. The summed E-state index contributed by atoms with van der Waals surface area (Å²) in [6.45, 7) is 6.71. The third-order valence-electron chi connectivity index (χ3n) is 8.50. The van der Waals surface area contributed by atoms with Crippen molar-refractivity contribution < 1.29 is 8.98 Å². The lowest BCUT2D eigenvalue weighted by atomic mass is 9.81. The van der Waals surface area contributed by atoms with E-state index in [1.165, 1.54) is 54.5 Å². The molecule has 0 atom stereocenters. The Morgan fingerprint density at radius 1 is 0.865 bits per heavy atom. The van der Waals surface area contributed by atoms with Crippen LogP contribution >= 0.6 is 0 Å². The Morgan fingerprint density at radius 3 is 2.35 bits per heavy atom. The highest BCUT2D eigenvalue weighted by atomic mass is 16.3. The summed E-state index contributed by atoms with van der Waals surface area (Å²) < 4.78 is 9.12. The van der Waals surface area contributed by atoms with E-state index >= 15 is 0 Å². The summed E-state index contributed by atoms with van der Waals surface area (Å²) in [5.41, 5.74) is 12.1. The molecule has 3 aromatic carbocycles. The molecule has 5 aromatic rings. The summed E-state index contributed by atoms with van der Waals surface area (Å²) in [4.78, 5) is 0. The normalized spacial score (nSPS) is 14.4. The van der Waals surface area contributed by atoms with Crippen molar-refractivity contribution in [3.63, 3.8) is 0 Å². The third kappa shape index (κ3) is 3.75. The van der Waals surface area contributed by atoms with Crippen LogP contribution in [0.5, 0.6) is 0 Å². The number of nitrogens with zero attached hydrogens (tertiary/aromatic N) is 2. The van der Waals surface area contributed by atoms with Crippen molar-refractivity contribution in [2.45, 2.75) is 58.8 Å². The molecule has 0 aliphatic heterocycles. The number of hydrogen-bond donors (Lipinski definition) is 0. The van der Waals surface area contributed by atoms with Crippen molar-refractivity contribution >= 4 is 21.9 Å². The van der Waals surface area contributed by atoms with Gasteiger partial charge in [0.2, 0.25) is 5.69 Å². The van der Waals surface area contributed by atoms with E-state index in [1.807, 2.05) is 30.3 Å². The maximum atomic E-state index is 9.99. The second-order valence-corrected chi connectivity index (χ2v) is 10.7. The number of nitriles is 1. The molecule has 2 heterocycles. The third-order valence-corrected chi connectivity index (χ3v) is 8.50. The van der Waals surface area contributed by atoms with Crippen LogP contribution in [0.2, 0.25) is 0 Å². The number of hydrogen-bond acceptors (Lipinski definition) is 2. The molecule has 0 saturated heterocycles. The molecule has 2 aromatic heterocycles. The van der Waals surface area contributed by atoms with Crippen LogP contribution in [0.15, 0.2) is 65.1 Å². The van der Waals surface area contributed by atoms with E-state index in [4.69, 9.17) is 4.42 Å². The van der Waals surface area contributed by atoms with Gasteiger partial charge in [-0.15, -0.1) is 0 Å². The predicted octanol–water partition coefficient (Wildman–Crippen LogP) is 8.59. The minimum absolute atomic E-state index is 0.646. The van der Waals surface area contributed by atoms with Crippen molar-refractivity contribution in [1.29, 1.82) is 5.26 Å². The Kier molecular flexibility index (Phi) is 5.84. The maximum absolute atomic E-state index is 9.99.